The first-order chi connectivity index (χ1) is 7.86. The fourth-order valence-electron chi connectivity index (χ4n) is 2.48. The van der Waals surface area contributed by atoms with E-state index in [-0.39, 0.29) is 0 Å². The van der Waals surface area contributed by atoms with Gasteiger partial charge >= 0.3 is 0 Å². The van der Waals surface area contributed by atoms with Crippen molar-refractivity contribution in [1.29, 1.82) is 0 Å². The Hall–Kier alpha value is -0.800. The Morgan fingerprint density at radius 1 is 1.50 bits per heavy atom. The quantitative estimate of drug-likeness (QED) is 0.833. The van der Waals surface area contributed by atoms with E-state index in [2.05, 4.69) is 25.2 Å². The number of aryl methyl sites for hydroxylation is 1. The Morgan fingerprint density at radius 2 is 2.38 bits per heavy atom. The van der Waals surface area contributed by atoms with E-state index in [4.69, 9.17) is 9.15 Å². The van der Waals surface area contributed by atoms with Crippen molar-refractivity contribution in [3.63, 3.8) is 0 Å². The van der Waals surface area contributed by atoms with Gasteiger partial charge in [-0.2, -0.15) is 0 Å². The Bertz CT molecular complexity index is 315. The van der Waals surface area contributed by atoms with Crippen LogP contribution in [0.4, 0.5) is 0 Å². The standard InChI is InChI=1S/C13H21NO2/c1-3-12-11(6-8-16-12)13(14-4-2)10-5-7-15-9-10/h6,8,10,13-14H,3-5,7,9H2,1-2H3. The number of ether oxygens (including phenoxy) is 1. The maximum absolute atomic E-state index is 5.52. The van der Waals surface area contributed by atoms with Crippen LogP contribution in [0.1, 0.15) is 37.6 Å². The maximum Gasteiger partial charge on any atom is 0.108 e. The Morgan fingerprint density at radius 3 is 3.00 bits per heavy atom. The van der Waals surface area contributed by atoms with Crippen LogP contribution < -0.4 is 5.32 Å². The smallest absolute Gasteiger partial charge is 0.108 e. The molecule has 2 unspecified atom stereocenters. The fourth-order valence-corrected chi connectivity index (χ4v) is 2.48. The van der Waals surface area contributed by atoms with Gasteiger partial charge in [-0.15, -0.1) is 0 Å². The van der Waals surface area contributed by atoms with Gasteiger partial charge in [0, 0.05) is 30.6 Å². The van der Waals surface area contributed by atoms with Crippen molar-refractivity contribution in [1.82, 2.24) is 5.32 Å². The highest BCUT2D eigenvalue weighted by atomic mass is 16.5. The van der Waals surface area contributed by atoms with Gasteiger partial charge < -0.3 is 14.5 Å². The minimum atomic E-state index is 0.390. The summed E-state index contributed by atoms with van der Waals surface area (Å²) < 4.78 is 11.0. The van der Waals surface area contributed by atoms with Crippen LogP contribution >= 0.6 is 0 Å². The maximum atomic E-state index is 5.52. The second-order valence-corrected chi connectivity index (χ2v) is 4.31. The van der Waals surface area contributed by atoms with Gasteiger partial charge in [-0.25, -0.2) is 0 Å². The van der Waals surface area contributed by atoms with E-state index in [0.717, 1.165) is 38.4 Å². The van der Waals surface area contributed by atoms with Crippen LogP contribution in [-0.2, 0) is 11.2 Å². The van der Waals surface area contributed by atoms with Crippen LogP contribution in [0, 0.1) is 5.92 Å². The van der Waals surface area contributed by atoms with E-state index in [1.54, 1.807) is 6.26 Å². The van der Waals surface area contributed by atoms with E-state index in [1.807, 2.05) is 0 Å². The molecule has 0 aromatic carbocycles. The summed E-state index contributed by atoms with van der Waals surface area (Å²) in [5.74, 6) is 1.70. The zero-order valence-corrected chi connectivity index (χ0v) is 10.2. The topological polar surface area (TPSA) is 34.4 Å². The van der Waals surface area contributed by atoms with E-state index in [0.29, 0.717) is 12.0 Å². The molecule has 0 bridgehead atoms. The lowest BCUT2D eigenvalue weighted by Crippen LogP contribution is -2.29. The summed E-state index contributed by atoms with van der Waals surface area (Å²) in [6.07, 6.45) is 3.90. The lowest BCUT2D eigenvalue weighted by Gasteiger charge is -2.23. The molecule has 3 heteroatoms. The van der Waals surface area contributed by atoms with Crippen molar-refractivity contribution < 1.29 is 9.15 Å². The van der Waals surface area contributed by atoms with Gasteiger partial charge in [-0.3, -0.25) is 0 Å². The van der Waals surface area contributed by atoms with E-state index in [9.17, 15) is 0 Å². The molecule has 1 aromatic rings. The van der Waals surface area contributed by atoms with Gasteiger partial charge in [0.05, 0.1) is 12.9 Å². The van der Waals surface area contributed by atoms with Gasteiger partial charge in [-0.1, -0.05) is 13.8 Å². The van der Waals surface area contributed by atoms with Crippen molar-refractivity contribution in [2.45, 2.75) is 32.7 Å². The first-order valence-electron chi connectivity index (χ1n) is 6.24. The third-order valence-corrected chi connectivity index (χ3v) is 3.30. The first kappa shape index (κ1) is 11.7. The SMILES string of the molecule is CCNC(c1ccoc1CC)C1CCOC1. The summed E-state index contributed by atoms with van der Waals surface area (Å²) in [7, 11) is 0. The average molecular weight is 223 g/mol. The summed E-state index contributed by atoms with van der Waals surface area (Å²) in [5, 5.41) is 3.56. The lowest BCUT2D eigenvalue weighted by molar-refractivity contribution is 0.176. The second kappa shape index (κ2) is 5.51. The number of rotatable bonds is 5. The molecule has 0 amide bonds. The molecule has 1 saturated heterocycles. The molecule has 1 N–H and O–H groups in total. The molecule has 1 aliphatic rings. The average Bonchev–Trinajstić information content (AvgIpc) is 2.96. The fraction of sp³-hybridized carbons (Fsp3) is 0.692. The van der Waals surface area contributed by atoms with Crippen LogP contribution in [0.5, 0.6) is 0 Å². The summed E-state index contributed by atoms with van der Waals surface area (Å²) >= 11 is 0. The van der Waals surface area contributed by atoms with E-state index < -0.39 is 0 Å². The minimum absolute atomic E-state index is 0.390. The zero-order chi connectivity index (χ0) is 11.4. The van der Waals surface area contributed by atoms with Gasteiger partial charge in [0.15, 0.2) is 0 Å². The van der Waals surface area contributed by atoms with Crippen molar-refractivity contribution >= 4 is 0 Å². The third kappa shape index (κ3) is 2.30. The molecule has 2 rings (SSSR count). The molecule has 3 nitrogen and oxygen atoms in total. The zero-order valence-electron chi connectivity index (χ0n) is 10.2. The highest BCUT2D eigenvalue weighted by Gasteiger charge is 2.28. The second-order valence-electron chi connectivity index (χ2n) is 4.31. The highest BCUT2D eigenvalue weighted by molar-refractivity contribution is 5.22. The predicted molar refractivity (Wildman–Crippen MR) is 63.4 cm³/mol. The predicted octanol–water partition coefficient (Wildman–Crippen LogP) is 2.53. The van der Waals surface area contributed by atoms with Gasteiger partial charge in [0.25, 0.3) is 0 Å². The van der Waals surface area contributed by atoms with Gasteiger partial charge in [0.1, 0.15) is 5.76 Å². The van der Waals surface area contributed by atoms with Crippen molar-refractivity contribution in [2.24, 2.45) is 5.92 Å². The first-order valence-corrected chi connectivity index (χ1v) is 6.24. The Kier molecular flexibility index (Phi) is 4.02. The molecular weight excluding hydrogens is 202 g/mol. The monoisotopic (exact) mass is 223 g/mol. The molecule has 0 saturated carbocycles. The normalized spacial score (nSPS) is 22.5. The summed E-state index contributed by atoms with van der Waals surface area (Å²) in [6.45, 7) is 7.03. The molecule has 2 atom stereocenters. The van der Waals surface area contributed by atoms with Crippen molar-refractivity contribution in [3.8, 4) is 0 Å². The van der Waals surface area contributed by atoms with Crippen molar-refractivity contribution in [2.75, 3.05) is 19.8 Å². The third-order valence-electron chi connectivity index (χ3n) is 3.30. The number of furan rings is 1. The lowest BCUT2D eigenvalue weighted by atomic mass is 9.92. The number of hydrogen-bond donors (Lipinski definition) is 1. The van der Waals surface area contributed by atoms with E-state index >= 15 is 0 Å². The molecule has 90 valence electrons. The Labute approximate surface area is 97.2 Å². The number of hydrogen-bond acceptors (Lipinski definition) is 3. The molecule has 0 spiro atoms. The number of nitrogens with one attached hydrogen (secondary N) is 1. The highest BCUT2D eigenvalue weighted by Crippen LogP contribution is 2.31. The molecule has 2 heterocycles. The molecule has 1 aromatic heterocycles. The van der Waals surface area contributed by atoms with Crippen LogP contribution in [0.3, 0.4) is 0 Å². The largest absolute Gasteiger partial charge is 0.469 e. The molecule has 16 heavy (non-hydrogen) atoms. The van der Waals surface area contributed by atoms with Crippen LogP contribution in [0.25, 0.3) is 0 Å². The van der Waals surface area contributed by atoms with Gasteiger partial charge in [-0.05, 0) is 19.0 Å². The summed E-state index contributed by atoms with van der Waals surface area (Å²) in [5.41, 5.74) is 1.32. The molecule has 0 radical (unpaired) electrons. The van der Waals surface area contributed by atoms with Crippen LogP contribution in [0.2, 0.25) is 0 Å². The van der Waals surface area contributed by atoms with E-state index in [1.165, 1.54) is 5.56 Å². The molecular formula is C13H21NO2. The summed E-state index contributed by atoms with van der Waals surface area (Å²) in [6, 6.07) is 2.49. The van der Waals surface area contributed by atoms with Crippen molar-refractivity contribution in [3.05, 3.63) is 23.7 Å². The Balaban J connectivity index is 2.17. The molecule has 0 aliphatic carbocycles. The molecule has 1 fully saturated rings. The van der Waals surface area contributed by atoms with Crippen LogP contribution in [0.15, 0.2) is 16.7 Å². The van der Waals surface area contributed by atoms with Crippen LogP contribution in [-0.4, -0.2) is 19.8 Å². The minimum Gasteiger partial charge on any atom is -0.469 e. The van der Waals surface area contributed by atoms with Gasteiger partial charge in [0.2, 0.25) is 0 Å². The molecule has 1 aliphatic heterocycles. The summed E-state index contributed by atoms with van der Waals surface area (Å²) in [4.78, 5) is 0.